The molecule has 12 heavy (non-hydrogen) atoms. The molecule has 0 N–H and O–H groups in total. The Hall–Kier alpha value is 0.530. The van der Waals surface area contributed by atoms with Crippen molar-refractivity contribution in [3.8, 4) is 0 Å². The number of rotatable bonds is 3. The highest BCUT2D eigenvalue weighted by molar-refractivity contribution is 7.91. The van der Waals surface area contributed by atoms with Gasteiger partial charge in [-0.05, 0) is 18.3 Å². The third-order valence-corrected chi connectivity index (χ3v) is 4.92. The molecule has 2 nitrogen and oxygen atoms in total. The number of hydrogen-bond acceptors (Lipinski definition) is 2. The summed E-state index contributed by atoms with van der Waals surface area (Å²) in [6, 6.07) is 0. The average molecular weight is 231 g/mol. The van der Waals surface area contributed by atoms with E-state index in [0.29, 0.717) is 17.5 Å². The van der Waals surface area contributed by atoms with Gasteiger partial charge in [-0.3, -0.25) is 0 Å². The standard InChI is InChI=1S/C7H12Cl2O2S/c8-3-7(4-9)6-1-2-12(10,11)5-6/h6-7H,1-5H2. The molecular weight excluding hydrogens is 219 g/mol. The quantitative estimate of drug-likeness (QED) is 0.690. The van der Waals surface area contributed by atoms with Crippen LogP contribution < -0.4 is 0 Å². The van der Waals surface area contributed by atoms with Gasteiger partial charge < -0.3 is 0 Å². The molecule has 1 rings (SSSR count). The normalized spacial score (nSPS) is 28.1. The maximum Gasteiger partial charge on any atom is 0.150 e. The fraction of sp³-hybridized carbons (Fsp3) is 1.00. The van der Waals surface area contributed by atoms with Crippen molar-refractivity contribution < 1.29 is 8.42 Å². The summed E-state index contributed by atoms with van der Waals surface area (Å²) in [6.07, 6.45) is 0.729. The van der Waals surface area contributed by atoms with Crippen LogP contribution in [0.15, 0.2) is 0 Å². The van der Waals surface area contributed by atoms with Gasteiger partial charge in [-0.1, -0.05) is 0 Å². The molecule has 0 aliphatic carbocycles. The molecule has 72 valence electrons. The predicted molar refractivity (Wildman–Crippen MR) is 51.7 cm³/mol. The van der Waals surface area contributed by atoms with Crippen LogP contribution in [0.25, 0.3) is 0 Å². The van der Waals surface area contributed by atoms with Gasteiger partial charge in [0, 0.05) is 11.8 Å². The van der Waals surface area contributed by atoms with E-state index in [1.54, 1.807) is 0 Å². The fourth-order valence-electron chi connectivity index (χ4n) is 1.49. The van der Waals surface area contributed by atoms with E-state index in [1.807, 2.05) is 0 Å². The third kappa shape index (κ3) is 2.51. The molecule has 5 heteroatoms. The SMILES string of the molecule is O=S1(=O)CCC(C(CCl)CCl)C1. The number of hydrogen-bond donors (Lipinski definition) is 0. The van der Waals surface area contributed by atoms with Crippen molar-refractivity contribution in [2.24, 2.45) is 11.8 Å². The van der Waals surface area contributed by atoms with Crippen LogP contribution in [0.1, 0.15) is 6.42 Å². The van der Waals surface area contributed by atoms with Gasteiger partial charge in [0.05, 0.1) is 11.5 Å². The van der Waals surface area contributed by atoms with Crippen molar-refractivity contribution in [1.82, 2.24) is 0 Å². The molecule has 1 aliphatic rings. The van der Waals surface area contributed by atoms with Crippen LogP contribution in [0.3, 0.4) is 0 Å². The first-order valence-electron chi connectivity index (χ1n) is 3.91. The van der Waals surface area contributed by atoms with Crippen molar-refractivity contribution in [2.75, 3.05) is 23.3 Å². The third-order valence-electron chi connectivity index (χ3n) is 2.33. The van der Waals surface area contributed by atoms with E-state index < -0.39 is 9.84 Å². The molecule has 0 amide bonds. The van der Waals surface area contributed by atoms with Crippen molar-refractivity contribution in [3.05, 3.63) is 0 Å². The number of halogens is 2. The molecule has 1 heterocycles. The van der Waals surface area contributed by atoms with Crippen molar-refractivity contribution in [2.45, 2.75) is 6.42 Å². The topological polar surface area (TPSA) is 34.1 Å². The Morgan fingerprint density at radius 2 is 1.92 bits per heavy atom. The van der Waals surface area contributed by atoms with Crippen LogP contribution >= 0.6 is 23.2 Å². The van der Waals surface area contributed by atoms with Gasteiger partial charge in [-0.2, -0.15) is 0 Å². The van der Waals surface area contributed by atoms with Gasteiger partial charge in [0.15, 0.2) is 9.84 Å². The van der Waals surface area contributed by atoms with Gasteiger partial charge >= 0.3 is 0 Å². The highest BCUT2D eigenvalue weighted by atomic mass is 35.5. The van der Waals surface area contributed by atoms with Crippen LogP contribution in [0.4, 0.5) is 0 Å². The second-order valence-corrected chi connectivity index (χ2v) is 6.08. The molecule has 0 aromatic heterocycles. The predicted octanol–water partition coefficient (Wildman–Crippen LogP) is 1.51. The van der Waals surface area contributed by atoms with E-state index in [1.165, 1.54) is 0 Å². The maximum absolute atomic E-state index is 11.1. The van der Waals surface area contributed by atoms with E-state index in [9.17, 15) is 8.42 Å². The molecule has 1 fully saturated rings. The first-order valence-corrected chi connectivity index (χ1v) is 6.80. The molecule has 1 atom stereocenters. The van der Waals surface area contributed by atoms with Gasteiger partial charge in [-0.25, -0.2) is 8.42 Å². The highest BCUT2D eigenvalue weighted by Crippen LogP contribution is 2.27. The van der Waals surface area contributed by atoms with Crippen LogP contribution in [0, 0.1) is 11.8 Å². The van der Waals surface area contributed by atoms with E-state index >= 15 is 0 Å². The van der Waals surface area contributed by atoms with Crippen molar-refractivity contribution >= 4 is 33.0 Å². The molecular formula is C7H12Cl2O2S. The van der Waals surface area contributed by atoms with Gasteiger partial charge in [0.25, 0.3) is 0 Å². The first kappa shape index (κ1) is 10.6. The smallest absolute Gasteiger partial charge is 0.150 e. The molecule has 0 spiro atoms. The lowest BCUT2D eigenvalue weighted by Crippen LogP contribution is -2.19. The summed E-state index contributed by atoms with van der Waals surface area (Å²) in [5.41, 5.74) is 0. The largest absolute Gasteiger partial charge is 0.229 e. The summed E-state index contributed by atoms with van der Waals surface area (Å²) in [4.78, 5) is 0. The lowest BCUT2D eigenvalue weighted by atomic mass is 9.95. The minimum absolute atomic E-state index is 0.158. The Kier molecular flexibility index (Phi) is 3.68. The minimum atomic E-state index is -2.78. The summed E-state index contributed by atoms with van der Waals surface area (Å²) in [5.74, 6) is 1.85. The fourth-order valence-corrected chi connectivity index (χ4v) is 4.24. The zero-order valence-electron chi connectivity index (χ0n) is 6.67. The van der Waals surface area contributed by atoms with E-state index in [4.69, 9.17) is 23.2 Å². The maximum atomic E-state index is 11.1. The zero-order chi connectivity index (χ0) is 9.19. The Morgan fingerprint density at radius 3 is 2.25 bits per heavy atom. The molecule has 1 unspecified atom stereocenters. The molecule has 1 saturated heterocycles. The molecule has 0 radical (unpaired) electrons. The highest BCUT2D eigenvalue weighted by Gasteiger charge is 2.32. The Labute approximate surface area is 83.2 Å². The van der Waals surface area contributed by atoms with Crippen LogP contribution in [-0.4, -0.2) is 31.7 Å². The Balaban J connectivity index is 2.56. The average Bonchev–Trinajstić information content (AvgIpc) is 2.34. The second kappa shape index (κ2) is 4.16. The Bertz CT molecular complexity index is 234. The van der Waals surface area contributed by atoms with Crippen LogP contribution in [-0.2, 0) is 9.84 Å². The van der Waals surface area contributed by atoms with Crippen LogP contribution in [0.5, 0.6) is 0 Å². The Morgan fingerprint density at radius 1 is 1.33 bits per heavy atom. The van der Waals surface area contributed by atoms with E-state index in [2.05, 4.69) is 0 Å². The molecule has 0 saturated carbocycles. The van der Waals surface area contributed by atoms with Crippen molar-refractivity contribution in [3.63, 3.8) is 0 Å². The summed E-state index contributed by atoms with van der Waals surface area (Å²) in [7, 11) is -2.78. The minimum Gasteiger partial charge on any atom is -0.229 e. The summed E-state index contributed by atoms with van der Waals surface area (Å²) < 4.78 is 22.2. The summed E-state index contributed by atoms with van der Waals surface area (Å²) in [6.45, 7) is 0. The first-order chi connectivity index (χ1) is 5.59. The van der Waals surface area contributed by atoms with E-state index in [0.717, 1.165) is 6.42 Å². The van der Waals surface area contributed by atoms with Crippen LogP contribution in [0.2, 0.25) is 0 Å². The molecule has 0 aromatic rings. The second-order valence-electron chi connectivity index (χ2n) is 3.23. The molecule has 1 aliphatic heterocycles. The number of sulfone groups is 1. The summed E-state index contributed by atoms with van der Waals surface area (Å²) >= 11 is 11.3. The lowest BCUT2D eigenvalue weighted by Gasteiger charge is -2.15. The molecule has 0 aromatic carbocycles. The monoisotopic (exact) mass is 230 g/mol. The van der Waals surface area contributed by atoms with E-state index in [-0.39, 0.29) is 17.6 Å². The lowest BCUT2D eigenvalue weighted by molar-refractivity contribution is 0.437. The van der Waals surface area contributed by atoms with Crippen molar-refractivity contribution in [1.29, 1.82) is 0 Å². The molecule has 0 bridgehead atoms. The van der Waals surface area contributed by atoms with Gasteiger partial charge in [0.2, 0.25) is 0 Å². The zero-order valence-corrected chi connectivity index (χ0v) is 9.00. The van der Waals surface area contributed by atoms with Gasteiger partial charge in [0.1, 0.15) is 0 Å². The number of alkyl halides is 2. The summed E-state index contributed by atoms with van der Waals surface area (Å²) in [5, 5.41) is 0. The van der Waals surface area contributed by atoms with Gasteiger partial charge in [-0.15, -0.1) is 23.2 Å².